The van der Waals surface area contributed by atoms with E-state index in [1.807, 2.05) is 42.5 Å². The number of piperidine rings is 1. The van der Waals surface area contributed by atoms with E-state index >= 15 is 0 Å². The number of rotatable bonds is 4. The Kier molecular flexibility index (Phi) is 5.51. The Hall–Kier alpha value is -2.18. The molecule has 0 spiro atoms. The van der Waals surface area contributed by atoms with E-state index in [2.05, 4.69) is 5.32 Å². The maximum absolute atomic E-state index is 13.1. The third-order valence-corrected chi connectivity index (χ3v) is 7.72. The number of aryl methyl sites for hydroxylation is 2. The fraction of sp³-hybridized carbons (Fsp3) is 0.409. The maximum atomic E-state index is 13.1. The highest BCUT2D eigenvalue weighted by atomic mass is 32.2. The van der Waals surface area contributed by atoms with Gasteiger partial charge in [0.25, 0.3) is 0 Å². The van der Waals surface area contributed by atoms with Crippen LogP contribution in [0, 0.1) is 5.92 Å². The Morgan fingerprint density at radius 2 is 1.61 bits per heavy atom. The SMILES string of the molecule is O=C(Nc1ccccc1)C1CCN(S(=O)(=O)c2ccc3c(c2)CCCC3)CC1. The number of benzene rings is 2. The number of nitrogens with zero attached hydrogens (tertiary/aromatic N) is 1. The molecule has 0 aromatic heterocycles. The molecule has 2 aromatic carbocycles. The van der Waals surface area contributed by atoms with Crippen molar-refractivity contribution in [3.05, 3.63) is 59.7 Å². The molecule has 2 aromatic rings. The first-order valence-corrected chi connectivity index (χ1v) is 11.5. The van der Waals surface area contributed by atoms with E-state index in [0.717, 1.165) is 24.9 Å². The smallest absolute Gasteiger partial charge is 0.243 e. The van der Waals surface area contributed by atoms with Crippen LogP contribution in [0.3, 0.4) is 0 Å². The zero-order valence-corrected chi connectivity index (χ0v) is 16.7. The normalized spacial score (nSPS) is 18.4. The highest BCUT2D eigenvalue weighted by Crippen LogP contribution is 2.28. The highest BCUT2D eigenvalue weighted by Gasteiger charge is 2.32. The van der Waals surface area contributed by atoms with Crippen molar-refractivity contribution in [2.45, 2.75) is 43.4 Å². The summed E-state index contributed by atoms with van der Waals surface area (Å²) in [5, 5.41) is 2.92. The Labute approximate surface area is 166 Å². The van der Waals surface area contributed by atoms with Gasteiger partial charge in [-0.05, 0) is 73.9 Å². The van der Waals surface area contributed by atoms with E-state index in [1.54, 1.807) is 6.07 Å². The number of carbonyl (C=O) groups excluding carboxylic acids is 1. The van der Waals surface area contributed by atoms with Crippen molar-refractivity contribution < 1.29 is 13.2 Å². The average molecular weight is 399 g/mol. The number of hydrogen-bond donors (Lipinski definition) is 1. The molecule has 148 valence electrons. The van der Waals surface area contributed by atoms with Crippen LogP contribution in [0.15, 0.2) is 53.4 Å². The van der Waals surface area contributed by atoms with Gasteiger partial charge in [0.15, 0.2) is 0 Å². The summed E-state index contributed by atoms with van der Waals surface area (Å²) in [5.74, 6) is -0.188. The molecule has 4 rings (SSSR count). The van der Waals surface area contributed by atoms with Crippen molar-refractivity contribution in [2.24, 2.45) is 5.92 Å². The third-order valence-electron chi connectivity index (χ3n) is 5.82. The number of fused-ring (bicyclic) bond motifs is 1. The van der Waals surface area contributed by atoms with Gasteiger partial charge in [0, 0.05) is 24.7 Å². The predicted octanol–water partition coefficient (Wildman–Crippen LogP) is 3.60. The van der Waals surface area contributed by atoms with Crippen LogP contribution in [0.5, 0.6) is 0 Å². The fourth-order valence-electron chi connectivity index (χ4n) is 4.14. The van der Waals surface area contributed by atoms with Gasteiger partial charge in [-0.3, -0.25) is 4.79 Å². The number of carbonyl (C=O) groups is 1. The molecule has 1 aliphatic carbocycles. The number of amides is 1. The molecule has 0 radical (unpaired) electrons. The lowest BCUT2D eigenvalue weighted by molar-refractivity contribution is -0.120. The minimum Gasteiger partial charge on any atom is -0.326 e. The summed E-state index contributed by atoms with van der Waals surface area (Å²) in [6.45, 7) is 0.762. The summed E-state index contributed by atoms with van der Waals surface area (Å²) in [5.41, 5.74) is 3.22. The Morgan fingerprint density at radius 3 is 2.32 bits per heavy atom. The zero-order chi connectivity index (χ0) is 19.6. The molecule has 0 atom stereocenters. The molecule has 6 heteroatoms. The fourth-order valence-corrected chi connectivity index (χ4v) is 5.66. The second-order valence-electron chi connectivity index (χ2n) is 7.67. The molecular formula is C22H26N2O3S. The van der Waals surface area contributed by atoms with Gasteiger partial charge in [-0.25, -0.2) is 8.42 Å². The number of anilines is 1. The lowest BCUT2D eigenvalue weighted by atomic mass is 9.92. The van der Waals surface area contributed by atoms with Gasteiger partial charge >= 0.3 is 0 Å². The first kappa shape index (κ1) is 19.2. The average Bonchev–Trinajstić information content (AvgIpc) is 2.74. The quantitative estimate of drug-likeness (QED) is 0.856. The second-order valence-corrected chi connectivity index (χ2v) is 9.61. The Morgan fingerprint density at radius 1 is 0.929 bits per heavy atom. The molecule has 0 unspecified atom stereocenters. The second kappa shape index (κ2) is 8.05. The predicted molar refractivity (Wildman–Crippen MR) is 110 cm³/mol. The lowest BCUT2D eigenvalue weighted by Gasteiger charge is -2.31. The van der Waals surface area contributed by atoms with E-state index in [4.69, 9.17) is 0 Å². The number of hydrogen-bond acceptors (Lipinski definition) is 3. The monoisotopic (exact) mass is 398 g/mol. The molecule has 2 aliphatic rings. The van der Waals surface area contributed by atoms with Crippen LogP contribution < -0.4 is 5.32 Å². The molecule has 28 heavy (non-hydrogen) atoms. The van der Waals surface area contributed by atoms with Gasteiger partial charge in [-0.2, -0.15) is 4.31 Å². The molecule has 0 saturated carbocycles. The van der Waals surface area contributed by atoms with Gasteiger partial charge in [0.05, 0.1) is 4.90 Å². The van der Waals surface area contributed by atoms with Crippen LogP contribution in [0.2, 0.25) is 0 Å². The van der Waals surface area contributed by atoms with Crippen molar-refractivity contribution in [1.82, 2.24) is 4.31 Å². The van der Waals surface area contributed by atoms with Crippen LogP contribution >= 0.6 is 0 Å². The topological polar surface area (TPSA) is 66.5 Å². The summed E-state index contributed by atoms with van der Waals surface area (Å²) in [6.07, 6.45) is 5.39. The van der Waals surface area contributed by atoms with E-state index in [0.29, 0.717) is 30.8 Å². The van der Waals surface area contributed by atoms with Crippen molar-refractivity contribution in [1.29, 1.82) is 0 Å². The standard InChI is InChI=1S/C22H26N2O3S/c25-22(23-20-8-2-1-3-9-20)18-12-14-24(15-13-18)28(26,27)21-11-10-17-6-4-5-7-19(17)16-21/h1-3,8-11,16,18H,4-7,12-15H2,(H,23,25). The Bertz CT molecular complexity index is 949. The summed E-state index contributed by atoms with van der Waals surface area (Å²) < 4.78 is 27.7. The molecule has 1 fully saturated rings. The minimum atomic E-state index is -3.50. The highest BCUT2D eigenvalue weighted by molar-refractivity contribution is 7.89. The van der Waals surface area contributed by atoms with Crippen LogP contribution in [0.4, 0.5) is 5.69 Å². The van der Waals surface area contributed by atoms with Crippen molar-refractivity contribution >= 4 is 21.6 Å². The van der Waals surface area contributed by atoms with Gasteiger partial charge < -0.3 is 5.32 Å². The van der Waals surface area contributed by atoms with Crippen LogP contribution in [0.25, 0.3) is 0 Å². The van der Waals surface area contributed by atoms with E-state index in [9.17, 15) is 13.2 Å². The third kappa shape index (κ3) is 3.98. The molecule has 1 amide bonds. The summed E-state index contributed by atoms with van der Waals surface area (Å²) >= 11 is 0. The summed E-state index contributed by atoms with van der Waals surface area (Å²) in [7, 11) is -3.50. The number of nitrogens with one attached hydrogen (secondary N) is 1. The van der Waals surface area contributed by atoms with Crippen molar-refractivity contribution in [2.75, 3.05) is 18.4 Å². The van der Waals surface area contributed by atoms with E-state index < -0.39 is 10.0 Å². The van der Waals surface area contributed by atoms with Gasteiger partial charge in [-0.1, -0.05) is 24.3 Å². The Balaban J connectivity index is 1.41. The van der Waals surface area contributed by atoms with Crippen molar-refractivity contribution in [3.63, 3.8) is 0 Å². The molecule has 5 nitrogen and oxygen atoms in total. The van der Waals surface area contributed by atoms with E-state index in [1.165, 1.54) is 21.9 Å². The number of sulfonamides is 1. The summed E-state index contributed by atoms with van der Waals surface area (Å²) in [4.78, 5) is 12.9. The zero-order valence-electron chi connectivity index (χ0n) is 15.9. The van der Waals surface area contributed by atoms with Crippen LogP contribution in [0.1, 0.15) is 36.8 Å². The maximum Gasteiger partial charge on any atom is 0.243 e. The molecule has 1 aliphatic heterocycles. The van der Waals surface area contributed by atoms with Gasteiger partial charge in [0.1, 0.15) is 0 Å². The van der Waals surface area contributed by atoms with Crippen LogP contribution in [-0.4, -0.2) is 31.7 Å². The number of para-hydroxylation sites is 1. The molecule has 0 bridgehead atoms. The first-order valence-electron chi connectivity index (χ1n) is 10.0. The minimum absolute atomic E-state index is 0.0305. The molecule has 1 N–H and O–H groups in total. The molecule has 1 saturated heterocycles. The van der Waals surface area contributed by atoms with Gasteiger partial charge in [0.2, 0.25) is 15.9 Å². The van der Waals surface area contributed by atoms with Gasteiger partial charge in [-0.15, -0.1) is 0 Å². The lowest BCUT2D eigenvalue weighted by Crippen LogP contribution is -2.41. The first-order chi connectivity index (χ1) is 13.5. The van der Waals surface area contributed by atoms with Crippen molar-refractivity contribution in [3.8, 4) is 0 Å². The van der Waals surface area contributed by atoms with E-state index in [-0.39, 0.29) is 11.8 Å². The molecular weight excluding hydrogens is 372 g/mol. The molecule has 1 heterocycles. The summed E-state index contributed by atoms with van der Waals surface area (Å²) in [6, 6.07) is 14.9. The largest absolute Gasteiger partial charge is 0.326 e. The van der Waals surface area contributed by atoms with Crippen LogP contribution in [-0.2, 0) is 27.7 Å².